The third kappa shape index (κ3) is 3.46. The average molecular weight is 279 g/mol. The van der Waals surface area contributed by atoms with Gasteiger partial charge in [-0.15, -0.1) is 0 Å². The van der Waals surface area contributed by atoms with Crippen molar-refractivity contribution < 1.29 is 14.7 Å². The number of aromatic nitrogens is 1. The van der Waals surface area contributed by atoms with Gasteiger partial charge in [0.15, 0.2) is 0 Å². The van der Waals surface area contributed by atoms with E-state index in [2.05, 4.69) is 10.3 Å². The smallest absolute Gasteiger partial charge is 0.329 e. The Labute approximate surface area is 118 Å². The second-order valence-corrected chi connectivity index (χ2v) is 5.06. The summed E-state index contributed by atoms with van der Waals surface area (Å²) in [7, 11) is 0. The van der Waals surface area contributed by atoms with Crippen LogP contribution in [0.1, 0.15) is 39.3 Å². The van der Waals surface area contributed by atoms with Crippen LogP contribution in [0.5, 0.6) is 0 Å². The number of hydrogen-bond donors (Lipinski definition) is 2. The maximum atomic E-state index is 12.2. The molecule has 2 N–H and O–H groups in total. The fourth-order valence-electron chi connectivity index (χ4n) is 1.91. The minimum atomic E-state index is -1.25. The summed E-state index contributed by atoms with van der Waals surface area (Å²) in [5.41, 5.74) is -0.339. The predicted molar refractivity (Wildman–Crippen MR) is 75.3 cm³/mol. The van der Waals surface area contributed by atoms with Crippen LogP contribution in [0.3, 0.4) is 0 Å². The van der Waals surface area contributed by atoms with E-state index in [1.54, 1.807) is 19.3 Å². The highest BCUT2D eigenvalue weighted by Crippen LogP contribution is 2.17. The highest BCUT2D eigenvalue weighted by atomic mass is 16.4. The molecule has 1 atom stereocenters. The Hall–Kier alpha value is -2.11. The van der Waals surface area contributed by atoms with Gasteiger partial charge in [-0.05, 0) is 45.4 Å². The van der Waals surface area contributed by atoms with Crippen molar-refractivity contribution in [2.45, 2.75) is 39.3 Å². The summed E-state index contributed by atoms with van der Waals surface area (Å²) in [5.74, 6) is -1.04. The molecule has 1 aromatic rings. The first-order valence-electron chi connectivity index (χ1n) is 6.52. The van der Waals surface area contributed by atoms with E-state index in [9.17, 15) is 14.7 Å². The minimum Gasteiger partial charge on any atom is -0.480 e. The van der Waals surface area contributed by atoms with Crippen LogP contribution in [-0.2, 0) is 4.79 Å². The van der Waals surface area contributed by atoms with Gasteiger partial charge in [0.05, 0.1) is 6.04 Å². The number of amides is 2. The van der Waals surface area contributed by atoms with Gasteiger partial charge in [-0.1, -0.05) is 0 Å². The number of carboxylic acids is 1. The molecule has 2 amide bonds. The second-order valence-electron chi connectivity index (χ2n) is 5.06. The monoisotopic (exact) mass is 279 g/mol. The zero-order valence-electron chi connectivity index (χ0n) is 12.3. The molecule has 6 heteroatoms. The first kappa shape index (κ1) is 15.9. The molecule has 0 radical (unpaired) electrons. The van der Waals surface area contributed by atoms with Crippen LogP contribution in [0.2, 0.25) is 0 Å². The summed E-state index contributed by atoms with van der Waals surface area (Å²) in [6, 6.07) is 3.00. The number of carboxylic acid groups (broad SMARTS) is 1. The molecule has 6 nitrogen and oxygen atoms in total. The maximum absolute atomic E-state index is 12.2. The molecule has 0 saturated heterocycles. The number of aliphatic carboxylic acids is 1. The van der Waals surface area contributed by atoms with Crippen LogP contribution in [-0.4, -0.2) is 39.1 Å². The van der Waals surface area contributed by atoms with Crippen LogP contribution >= 0.6 is 0 Å². The van der Waals surface area contributed by atoms with E-state index >= 15 is 0 Å². The zero-order chi connectivity index (χ0) is 15.3. The van der Waals surface area contributed by atoms with Gasteiger partial charge in [0, 0.05) is 18.9 Å². The van der Waals surface area contributed by atoms with Crippen LogP contribution in [0.15, 0.2) is 24.5 Å². The molecule has 0 aliphatic heterocycles. The van der Waals surface area contributed by atoms with E-state index in [4.69, 9.17) is 0 Å². The molecular weight excluding hydrogens is 258 g/mol. The predicted octanol–water partition coefficient (Wildman–Crippen LogP) is 2.04. The lowest BCUT2D eigenvalue weighted by Crippen LogP contribution is -2.56. The van der Waals surface area contributed by atoms with Gasteiger partial charge in [-0.3, -0.25) is 4.98 Å². The average Bonchev–Trinajstić information content (AvgIpc) is 2.39. The van der Waals surface area contributed by atoms with E-state index in [-0.39, 0.29) is 6.04 Å². The molecule has 1 rings (SSSR count). The first-order valence-corrected chi connectivity index (χ1v) is 6.52. The summed E-state index contributed by atoms with van der Waals surface area (Å²) in [6.07, 6.45) is 3.30. The third-order valence-electron chi connectivity index (χ3n) is 3.31. The quantitative estimate of drug-likeness (QED) is 0.864. The van der Waals surface area contributed by atoms with E-state index in [0.717, 1.165) is 5.56 Å². The number of pyridine rings is 1. The number of nitrogens with zero attached hydrogens (tertiary/aromatic N) is 2. The Kier molecular flexibility index (Phi) is 5.07. The largest absolute Gasteiger partial charge is 0.480 e. The molecule has 110 valence electrons. The molecule has 1 heterocycles. The summed E-state index contributed by atoms with van der Waals surface area (Å²) in [5, 5.41) is 12.0. The van der Waals surface area contributed by atoms with Crippen LogP contribution < -0.4 is 5.32 Å². The molecule has 20 heavy (non-hydrogen) atoms. The highest BCUT2D eigenvalue weighted by Gasteiger charge is 2.37. The van der Waals surface area contributed by atoms with Crippen molar-refractivity contribution in [2.75, 3.05) is 6.54 Å². The van der Waals surface area contributed by atoms with E-state index < -0.39 is 17.5 Å². The van der Waals surface area contributed by atoms with Crippen molar-refractivity contribution in [3.8, 4) is 0 Å². The second kappa shape index (κ2) is 6.36. The number of nitrogens with one attached hydrogen (secondary N) is 1. The highest BCUT2D eigenvalue weighted by molar-refractivity contribution is 5.85. The molecule has 0 aromatic carbocycles. The molecule has 0 aliphatic carbocycles. The fourth-order valence-corrected chi connectivity index (χ4v) is 1.91. The summed E-state index contributed by atoms with van der Waals surface area (Å²) >= 11 is 0. The molecule has 1 unspecified atom stereocenters. The lowest BCUT2D eigenvalue weighted by molar-refractivity contribution is -0.147. The van der Waals surface area contributed by atoms with Crippen molar-refractivity contribution in [2.24, 2.45) is 0 Å². The fraction of sp³-hybridized carbons (Fsp3) is 0.500. The summed E-state index contributed by atoms with van der Waals surface area (Å²) in [6.45, 7) is 6.93. The minimum absolute atomic E-state index is 0.218. The number of rotatable bonds is 5. The van der Waals surface area contributed by atoms with Gasteiger partial charge in [-0.2, -0.15) is 0 Å². The van der Waals surface area contributed by atoms with Gasteiger partial charge in [0.25, 0.3) is 0 Å². The van der Waals surface area contributed by atoms with Gasteiger partial charge >= 0.3 is 12.0 Å². The number of urea groups is 1. The number of carbonyl (C=O) groups is 2. The van der Waals surface area contributed by atoms with Gasteiger partial charge < -0.3 is 15.3 Å². The SMILES string of the molecule is CCN(C(=O)NC(C)c1ccncc1)C(C)(C)C(=O)O. The Morgan fingerprint density at radius 3 is 2.40 bits per heavy atom. The topological polar surface area (TPSA) is 82.5 Å². The molecule has 0 spiro atoms. The molecular formula is C14H21N3O3. The maximum Gasteiger partial charge on any atom is 0.329 e. The third-order valence-corrected chi connectivity index (χ3v) is 3.31. The van der Waals surface area contributed by atoms with Crippen molar-refractivity contribution in [1.29, 1.82) is 0 Å². The summed E-state index contributed by atoms with van der Waals surface area (Å²) in [4.78, 5) is 28.7. The van der Waals surface area contributed by atoms with Crippen molar-refractivity contribution in [3.63, 3.8) is 0 Å². The van der Waals surface area contributed by atoms with Gasteiger partial charge in [0.2, 0.25) is 0 Å². The van der Waals surface area contributed by atoms with Crippen molar-refractivity contribution in [1.82, 2.24) is 15.2 Å². The molecule has 0 saturated carbocycles. The van der Waals surface area contributed by atoms with Crippen LogP contribution in [0.4, 0.5) is 4.79 Å². The zero-order valence-corrected chi connectivity index (χ0v) is 12.3. The molecule has 0 aliphatic rings. The number of carbonyl (C=O) groups excluding carboxylic acids is 1. The summed E-state index contributed by atoms with van der Waals surface area (Å²) < 4.78 is 0. The van der Waals surface area contributed by atoms with Crippen LogP contribution in [0, 0.1) is 0 Å². The van der Waals surface area contributed by atoms with Gasteiger partial charge in [0.1, 0.15) is 5.54 Å². The van der Waals surface area contributed by atoms with Crippen LogP contribution in [0.25, 0.3) is 0 Å². The molecule has 0 bridgehead atoms. The number of likely N-dealkylation sites (N-methyl/N-ethyl adjacent to an activating group) is 1. The van der Waals surface area contributed by atoms with Crippen molar-refractivity contribution >= 4 is 12.0 Å². The lowest BCUT2D eigenvalue weighted by atomic mass is 10.0. The number of hydrogen-bond acceptors (Lipinski definition) is 3. The molecule has 1 aromatic heterocycles. The van der Waals surface area contributed by atoms with Gasteiger partial charge in [-0.25, -0.2) is 9.59 Å². The lowest BCUT2D eigenvalue weighted by Gasteiger charge is -2.35. The standard InChI is InChI=1S/C14H21N3O3/c1-5-17(14(3,4)12(18)19)13(20)16-10(2)11-6-8-15-9-7-11/h6-10H,5H2,1-4H3,(H,16,20)(H,18,19). The Morgan fingerprint density at radius 1 is 1.40 bits per heavy atom. The van der Waals surface area contributed by atoms with Crippen molar-refractivity contribution in [3.05, 3.63) is 30.1 Å². The Bertz CT molecular complexity index is 474. The van der Waals surface area contributed by atoms with E-state index in [1.165, 1.54) is 18.7 Å². The molecule has 0 fully saturated rings. The Balaban J connectivity index is 2.81. The van der Waals surface area contributed by atoms with E-state index in [0.29, 0.717) is 6.54 Å². The normalized spacial score (nSPS) is 12.6. The Morgan fingerprint density at radius 2 is 1.95 bits per heavy atom. The first-order chi connectivity index (χ1) is 9.30. The van der Waals surface area contributed by atoms with E-state index in [1.807, 2.05) is 19.1 Å².